The Morgan fingerprint density at radius 3 is 2.61 bits per heavy atom. The number of unbranched alkanes of at least 4 members (excludes halogenated alkanes) is 1. The highest BCUT2D eigenvalue weighted by Crippen LogP contribution is 2.48. The number of benzene rings is 2. The maximum Gasteiger partial charge on any atom is 0.310 e. The molecular weight excluding hydrogens is 414 g/mol. The van der Waals surface area contributed by atoms with Crippen molar-refractivity contribution >= 4 is 17.7 Å². The number of hydrogen-bond donors (Lipinski definition) is 2. The van der Waals surface area contributed by atoms with Gasteiger partial charge in [0.25, 0.3) is 5.91 Å². The molecule has 3 atom stereocenters. The zero-order chi connectivity index (χ0) is 23.5. The number of ether oxygens (including phenoxy) is 1. The van der Waals surface area contributed by atoms with Crippen LogP contribution in [0.5, 0.6) is 0 Å². The highest BCUT2D eigenvalue weighted by atomic mass is 16.6. The predicted molar refractivity (Wildman–Crippen MR) is 129 cm³/mol. The van der Waals surface area contributed by atoms with Crippen LogP contribution in [0.3, 0.4) is 0 Å². The van der Waals surface area contributed by atoms with Gasteiger partial charge in [0, 0.05) is 37.4 Å². The molecule has 174 valence electrons. The second-order valence-corrected chi connectivity index (χ2v) is 9.05. The maximum absolute atomic E-state index is 12.8. The molecule has 1 aliphatic carbocycles. The Morgan fingerprint density at radius 2 is 1.88 bits per heavy atom. The van der Waals surface area contributed by atoms with Crippen LogP contribution in [0.25, 0.3) is 11.1 Å². The molecule has 3 N–H and O–H groups in total. The van der Waals surface area contributed by atoms with Gasteiger partial charge in [-0.2, -0.15) is 0 Å². The summed E-state index contributed by atoms with van der Waals surface area (Å²) in [4.78, 5) is 27.1. The van der Waals surface area contributed by atoms with Gasteiger partial charge in [0.1, 0.15) is 6.10 Å². The van der Waals surface area contributed by atoms with E-state index in [1.165, 1.54) is 11.1 Å². The van der Waals surface area contributed by atoms with Crippen LogP contribution in [-0.2, 0) is 16.0 Å². The first-order chi connectivity index (χ1) is 15.9. The molecule has 0 radical (unpaired) electrons. The van der Waals surface area contributed by atoms with Gasteiger partial charge in [-0.1, -0.05) is 36.8 Å². The quantitative estimate of drug-likeness (QED) is 0.256. The lowest BCUT2D eigenvalue weighted by molar-refractivity contribution is -0.144. The summed E-state index contributed by atoms with van der Waals surface area (Å²) in [6.45, 7) is 5.36. The highest BCUT2D eigenvalue weighted by molar-refractivity contribution is 5.95. The number of nitrogens with zero attached hydrogens (tertiary/aromatic N) is 1. The minimum atomic E-state index is -0.121. The van der Waals surface area contributed by atoms with Crippen LogP contribution in [0.15, 0.2) is 42.5 Å². The van der Waals surface area contributed by atoms with E-state index in [1.807, 2.05) is 43.0 Å². The average molecular weight is 448 g/mol. The zero-order valence-corrected chi connectivity index (χ0v) is 19.5. The topological polar surface area (TPSA) is 96.5 Å². The number of amides is 1. The minimum absolute atomic E-state index is 0.0528. The lowest BCUT2D eigenvalue weighted by Crippen LogP contribution is -2.30. The van der Waals surface area contributed by atoms with Crippen LogP contribution in [0, 0.1) is 11.3 Å². The normalized spacial score (nSPS) is 20.8. The van der Waals surface area contributed by atoms with Gasteiger partial charge >= 0.3 is 5.97 Å². The highest BCUT2D eigenvalue weighted by Gasteiger charge is 2.49. The monoisotopic (exact) mass is 447 g/mol. The first kappa shape index (κ1) is 23.0. The number of fused-ring (bicyclic) bond motifs is 3. The van der Waals surface area contributed by atoms with Crippen molar-refractivity contribution in [1.82, 2.24) is 4.90 Å². The first-order valence-corrected chi connectivity index (χ1v) is 12.0. The van der Waals surface area contributed by atoms with E-state index in [1.54, 1.807) is 0 Å². The molecule has 1 aliphatic heterocycles. The Kier molecular flexibility index (Phi) is 6.82. The fourth-order valence-electron chi connectivity index (χ4n) is 5.31. The molecule has 33 heavy (non-hydrogen) atoms. The summed E-state index contributed by atoms with van der Waals surface area (Å²) in [5.74, 6) is 0.143. The molecule has 2 aromatic carbocycles. The van der Waals surface area contributed by atoms with Gasteiger partial charge in [0.15, 0.2) is 0 Å². The number of carbonyl (C=O) groups excluding carboxylic acids is 2. The third kappa shape index (κ3) is 4.65. The van der Waals surface area contributed by atoms with Crippen molar-refractivity contribution in [3.05, 3.63) is 59.2 Å². The lowest BCUT2D eigenvalue weighted by atomic mass is 9.84. The molecule has 0 spiro atoms. The van der Waals surface area contributed by atoms with E-state index < -0.39 is 0 Å². The van der Waals surface area contributed by atoms with Gasteiger partial charge in [-0.15, -0.1) is 0 Å². The molecule has 1 heterocycles. The largest absolute Gasteiger partial charge is 0.461 e. The van der Waals surface area contributed by atoms with Gasteiger partial charge in [-0.25, -0.2) is 0 Å². The van der Waals surface area contributed by atoms with Crippen molar-refractivity contribution in [2.24, 2.45) is 11.7 Å². The number of esters is 1. The molecule has 0 bridgehead atoms. The van der Waals surface area contributed by atoms with E-state index in [-0.39, 0.29) is 35.7 Å². The number of rotatable bonds is 9. The van der Waals surface area contributed by atoms with E-state index >= 15 is 0 Å². The Morgan fingerprint density at radius 1 is 1.12 bits per heavy atom. The van der Waals surface area contributed by atoms with Crippen molar-refractivity contribution in [3.63, 3.8) is 0 Å². The van der Waals surface area contributed by atoms with Crippen LogP contribution in [-0.4, -0.2) is 41.8 Å². The SMILES string of the molecule is CCN(CC)C(=O)c1cccc(-c2ccc3c(c2)C[C@@H]2OC(=O)[C@H](CCCCC(=N)N)[C@@H]32)c1. The maximum atomic E-state index is 12.8. The molecule has 1 fully saturated rings. The van der Waals surface area contributed by atoms with E-state index in [0.29, 0.717) is 25.1 Å². The molecule has 4 rings (SSSR count). The van der Waals surface area contributed by atoms with E-state index in [9.17, 15) is 9.59 Å². The number of nitrogens with two attached hydrogens (primary N) is 1. The molecule has 0 saturated carbocycles. The van der Waals surface area contributed by atoms with Gasteiger partial charge in [0.2, 0.25) is 0 Å². The number of hydrogen-bond acceptors (Lipinski definition) is 4. The van der Waals surface area contributed by atoms with Crippen LogP contribution < -0.4 is 5.73 Å². The fourth-order valence-corrected chi connectivity index (χ4v) is 5.31. The van der Waals surface area contributed by atoms with Gasteiger partial charge in [0.05, 0.1) is 11.8 Å². The van der Waals surface area contributed by atoms with Gasteiger partial charge in [-0.3, -0.25) is 15.0 Å². The Hall–Kier alpha value is -3.15. The molecule has 1 saturated heterocycles. The Bertz CT molecular complexity index is 1060. The van der Waals surface area contributed by atoms with Crippen molar-refractivity contribution in [2.45, 2.75) is 58.0 Å². The lowest BCUT2D eigenvalue weighted by Gasteiger charge is -2.19. The second kappa shape index (κ2) is 9.77. The van der Waals surface area contributed by atoms with E-state index in [2.05, 4.69) is 18.2 Å². The smallest absolute Gasteiger partial charge is 0.310 e. The summed E-state index contributed by atoms with van der Waals surface area (Å²) in [6, 6.07) is 14.2. The Balaban J connectivity index is 1.53. The molecular formula is C27H33N3O3. The van der Waals surface area contributed by atoms with E-state index in [0.717, 1.165) is 36.8 Å². The second-order valence-electron chi connectivity index (χ2n) is 9.05. The van der Waals surface area contributed by atoms with Crippen molar-refractivity contribution in [1.29, 1.82) is 5.41 Å². The van der Waals surface area contributed by atoms with Crippen LogP contribution >= 0.6 is 0 Å². The molecule has 2 aromatic rings. The molecule has 6 heteroatoms. The average Bonchev–Trinajstić information content (AvgIpc) is 3.31. The van der Waals surface area contributed by atoms with Crippen LogP contribution in [0.4, 0.5) is 0 Å². The minimum Gasteiger partial charge on any atom is -0.461 e. The summed E-state index contributed by atoms with van der Waals surface area (Å²) in [7, 11) is 0. The zero-order valence-electron chi connectivity index (χ0n) is 19.5. The summed E-state index contributed by atoms with van der Waals surface area (Å²) in [6.07, 6.45) is 3.68. The summed E-state index contributed by atoms with van der Waals surface area (Å²) < 4.78 is 5.75. The van der Waals surface area contributed by atoms with Crippen molar-refractivity contribution in [3.8, 4) is 11.1 Å². The van der Waals surface area contributed by atoms with Crippen molar-refractivity contribution in [2.75, 3.05) is 13.1 Å². The molecule has 0 aromatic heterocycles. The van der Waals surface area contributed by atoms with Crippen LogP contribution in [0.2, 0.25) is 0 Å². The summed E-state index contributed by atoms with van der Waals surface area (Å²) in [5, 5.41) is 7.37. The summed E-state index contributed by atoms with van der Waals surface area (Å²) >= 11 is 0. The number of amidine groups is 1. The standard InChI is InChI=1S/C27H33N3O3/c1-3-30(4-2)26(31)19-9-7-8-17(14-19)18-12-13-21-20(15-18)16-23-25(21)22(27(32)33-23)10-5-6-11-24(28)29/h7-9,12-15,22-23,25H,3-6,10-11,16H2,1-2H3,(H3,28,29)/t22-,23+,25-/m1/s1. The molecule has 1 amide bonds. The fraction of sp³-hybridized carbons (Fsp3) is 0.444. The van der Waals surface area contributed by atoms with Crippen molar-refractivity contribution < 1.29 is 14.3 Å². The molecule has 2 aliphatic rings. The van der Waals surface area contributed by atoms with E-state index in [4.69, 9.17) is 15.9 Å². The Labute approximate surface area is 195 Å². The third-order valence-electron chi connectivity index (χ3n) is 7.03. The molecule has 0 unspecified atom stereocenters. The predicted octanol–water partition coefficient (Wildman–Crippen LogP) is 4.51. The number of carbonyl (C=O) groups is 2. The molecule has 6 nitrogen and oxygen atoms in total. The third-order valence-corrected chi connectivity index (χ3v) is 7.03. The first-order valence-electron chi connectivity index (χ1n) is 12.0. The van der Waals surface area contributed by atoms with Gasteiger partial charge < -0.3 is 15.4 Å². The van der Waals surface area contributed by atoms with Crippen LogP contribution in [0.1, 0.15) is 66.9 Å². The number of nitrogens with one attached hydrogen (secondary N) is 1. The van der Waals surface area contributed by atoms with Gasteiger partial charge in [-0.05, 0) is 61.1 Å². The summed E-state index contributed by atoms with van der Waals surface area (Å²) in [5.41, 5.74) is 10.7.